The highest BCUT2D eigenvalue weighted by Crippen LogP contribution is 2.45. The van der Waals surface area contributed by atoms with Crippen LogP contribution in [-0.2, 0) is 9.53 Å². The van der Waals surface area contributed by atoms with E-state index in [1.54, 1.807) is 25.1 Å². The van der Waals surface area contributed by atoms with E-state index < -0.39 is 12.1 Å². The predicted octanol–water partition coefficient (Wildman–Crippen LogP) is 5.25. The van der Waals surface area contributed by atoms with Gasteiger partial charge in [-0.3, -0.25) is 9.78 Å². The van der Waals surface area contributed by atoms with Crippen molar-refractivity contribution in [1.82, 2.24) is 4.98 Å². The molecule has 1 heterocycles. The number of ether oxygens (including phenoxy) is 1. The van der Waals surface area contributed by atoms with E-state index >= 15 is 0 Å². The average molecular weight is 405 g/mol. The second-order valence-corrected chi connectivity index (χ2v) is 7.52. The van der Waals surface area contributed by atoms with E-state index in [-0.39, 0.29) is 18.8 Å². The molecular weight excluding hydrogens is 381 g/mol. The van der Waals surface area contributed by atoms with Crippen LogP contribution in [0.4, 0.5) is 4.39 Å². The molecule has 0 amide bonds. The largest absolute Gasteiger partial charge is 0.466 e. The van der Waals surface area contributed by atoms with Gasteiger partial charge in [-0.2, -0.15) is 0 Å². The Morgan fingerprint density at radius 3 is 2.67 bits per heavy atom. The number of carbonyl (C=O) groups excluding carboxylic acids is 1. The molecule has 4 rings (SSSR count). The Balaban J connectivity index is 1.83. The molecule has 1 N–H and O–H groups in total. The predicted molar refractivity (Wildman–Crippen MR) is 115 cm³/mol. The lowest BCUT2D eigenvalue weighted by molar-refractivity contribution is -0.144. The first-order valence-corrected chi connectivity index (χ1v) is 10.3. The first-order valence-electron chi connectivity index (χ1n) is 10.3. The van der Waals surface area contributed by atoms with Crippen LogP contribution in [0.3, 0.4) is 0 Å². The van der Waals surface area contributed by atoms with Crippen molar-refractivity contribution in [3.05, 3.63) is 71.7 Å². The number of benzene rings is 2. The van der Waals surface area contributed by atoms with Gasteiger partial charge in [-0.05, 0) is 43.5 Å². The average Bonchev–Trinajstić information content (AvgIpc) is 3.57. The highest BCUT2D eigenvalue weighted by atomic mass is 19.1. The van der Waals surface area contributed by atoms with E-state index in [1.165, 1.54) is 12.1 Å². The van der Waals surface area contributed by atoms with Crippen molar-refractivity contribution in [2.75, 3.05) is 6.61 Å². The molecule has 1 aromatic heterocycles. The minimum absolute atomic E-state index is 0.101. The number of esters is 1. The van der Waals surface area contributed by atoms with Crippen LogP contribution in [0, 0.1) is 5.82 Å². The van der Waals surface area contributed by atoms with Gasteiger partial charge >= 0.3 is 5.97 Å². The Bertz CT molecular complexity index is 1090. The summed E-state index contributed by atoms with van der Waals surface area (Å²) in [6.07, 6.45) is 4.54. The molecule has 30 heavy (non-hydrogen) atoms. The standard InChI is InChI=1S/C25H24FNO3/c1-2-30-23(29)15-19(28)13-14-21-24(16-9-11-18(26)12-10-16)20-5-3-4-6-22(20)27-25(21)17-7-8-17/h3-6,9-14,17,19,28H,2,7-8,15H2,1H3/b14-13+/t19-/m1/s1. The molecule has 5 heteroatoms. The molecule has 2 aromatic carbocycles. The molecule has 154 valence electrons. The number of fused-ring (bicyclic) bond motifs is 1. The fraction of sp³-hybridized carbons (Fsp3) is 0.280. The van der Waals surface area contributed by atoms with Gasteiger partial charge < -0.3 is 9.84 Å². The van der Waals surface area contributed by atoms with Crippen LogP contribution in [0.2, 0.25) is 0 Å². The van der Waals surface area contributed by atoms with E-state index in [0.717, 1.165) is 46.1 Å². The number of rotatable bonds is 7. The second kappa shape index (κ2) is 8.76. The van der Waals surface area contributed by atoms with Crippen molar-refractivity contribution in [2.24, 2.45) is 0 Å². The topological polar surface area (TPSA) is 59.4 Å². The number of aliphatic hydroxyl groups excluding tert-OH is 1. The molecule has 0 radical (unpaired) electrons. The summed E-state index contributed by atoms with van der Waals surface area (Å²) in [7, 11) is 0. The molecule has 3 aromatic rings. The fourth-order valence-corrected chi connectivity index (χ4v) is 3.68. The number of halogens is 1. The van der Waals surface area contributed by atoms with Gasteiger partial charge in [0, 0.05) is 22.4 Å². The summed E-state index contributed by atoms with van der Waals surface area (Å²) < 4.78 is 18.5. The van der Waals surface area contributed by atoms with E-state index in [9.17, 15) is 14.3 Å². The maximum Gasteiger partial charge on any atom is 0.308 e. The summed E-state index contributed by atoms with van der Waals surface area (Å²) in [6, 6.07) is 14.3. The van der Waals surface area contributed by atoms with Gasteiger partial charge in [0.2, 0.25) is 0 Å². The number of pyridine rings is 1. The number of aliphatic hydroxyl groups is 1. The zero-order valence-electron chi connectivity index (χ0n) is 16.8. The van der Waals surface area contributed by atoms with E-state index in [1.807, 2.05) is 30.3 Å². The van der Waals surface area contributed by atoms with Crippen LogP contribution < -0.4 is 0 Å². The summed E-state index contributed by atoms with van der Waals surface area (Å²) in [5.74, 6) is -0.357. The quantitative estimate of drug-likeness (QED) is 0.546. The van der Waals surface area contributed by atoms with Gasteiger partial charge in [-0.25, -0.2) is 4.39 Å². The third kappa shape index (κ3) is 4.41. The van der Waals surface area contributed by atoms with Crippen LogP contribution in [0.5, 0.6) is 0 Å². The molecule has 0 bridgehead atoms. The molecule has 0 saturated heterocycles. The number of para-hydroxylation sites is 1. The Hall–Kier alpha value is -3.05. The number of hydrogen-bond donors (Lipinski definition) is 1. The zero-order valence-corrected chi connectivity index (χ0v) is 16.8. The maximum absolute atomic E-state index is 13.6. The second-order valence-electron chi connectivity index (χ2n) is 7.52. The minimum Gasteiger partial charge on any atom is -0.466 e. The summed E-state index contributed by atoms with van der Waals surface area (Å²) in [5.41, 5.74) is 4.62. The molecule has 1 aliphatic rings. The van der Waals surface area contributed by atoms with Crippen LogP contribution in [0.25, 0.3) is 28.1 Å². The molecule has 1 fully saturated rings. The van der Waals surface area contributed by atoms with Crippen LogP contribution in [-0.4, -0.2) is 28.8 Å². The van der Waals surface area contributed by atoms with Crippen molar-refractivity contribution in [3.8, 4) is 11.1 Å². The number of carbonyl (C=O) groups is 1. The lowest BCUT2D eigenvalue weighted by Gasteiger charge is -2.16. The normalized spacial score (nSPS) is 14.9. The summed E-state index contributed by atoms with van der Waals surface area (Å²) in [5, 5.41) is 11.3. The van der Waals surface area contributed by atoms with Crippen molar-refractivity contribution >= 4 is 22.9 Å². The van der Waals surface area contributed by atoms with E-state index in [4.69, 9.17) is 9.72 Å². The Kier molecular flexibility index (Phi) is 5.91. The third-order valence-electron chi connectivity index (χ3n) is 5.22. The number of nitrogens with zero attached hydrogens (tertiary/aromatic N) is 1. The lowest BCUT2D eigenvalue weighted by atomic mass is 9.92. The monoisotopic (exact) mass is 405 g/mol. The van der Waals surface area contributed by atoms with Gasteiger partial charge in [0.25, 0.3) is 0 Å². The van der Waals surface area contributed by atoms with Crippen LogP contribution in [0.1, 0.15) is 43.4 Å². The summed E-state index contributed by atoms with van der Waals surface area (Å²) >= 11 is 0. The SMILES string of the molecule is CCOC(=O)C[C@H](O)/C=C/c1c(C2CC2)nc2ccccc2c1-c1ccc(F)cc1. The van der Waals surface area contributed by atoms with Gasteiger partial charge in [0.1, 0.15) is 5.82 Å². The Labute approximate surface area is 175 Å². The highest BCUT2D eigenvalue weighted by Gasteiger charge is 2.29. The summed E-state index contributed by atoms with van der Waals surface area (Å²) in [4.78, 5) is 16.6. The molecule has 0 aliphatic heterocycles. The van der Waals surface area contributed by atoms with E-state index in [2.05, 4.69) is 0 Å². The molecule has 0 spiro atoms. The molecule has 1 saturated carbocycles. The smallest absolute Gasteiger partial charge is 0.308 e. The number of aromatic nitrogens is 1. The van der Waals surface area contributed by atoms with Gasteiger partial charge in [0.15, 0.2) is 0 Å². The molecule has 0 unspecified atom stereocenters. The first kappa shape index (κ1) is 20.2. The Morgan fingerprint density at radius 1 is 1.23 bits per heavy atom. The van der Waals surface area contributed by atoms with Crippen molar-refractivity contribution in [3.63, 3.8) is 0 Å². The first-order chi connectivity index (χ1) is 14.6. The molecule has 4 nitrogen and oxygen atoms in total. The molecular formula is C25H24FNO3. The van der Waals surface area contributed by atoms with Crippen LogP contribution >= 0.6 is 0 Å². The van der Waals surface area contributed by atoms with Gasteiger partial charge in [0.05, 0.1) is 30.3 Å². The van der Waals surface area contributed by atoms with Crippen molar-refractivity contribution < 1.29 is 19.0 Å². The van der Waals surface area contributed by atoms with Crippen molar-refractivity contribution in [1.29, 1.82) is 0 Å². The molecule has 1 aliphatic carbocycles. The highest BCUT2D eigenvalue weighted by molar-refractivity contribution is 5.99. The Morgan fingerprint density at radius 2 is 1.97 bits per heavy atom. The van der Waals surface area contributed by atoms with Crippen molar-refractivity contribution in [2.45, 2.75) is 38.2 Å². The fourth-order valence-electron chi connectivity index (χ4n) is 3.68. The van der Waals surface area contributed by atoms with Gasteiger partial charge in [-0.1, -0.05) is 42.5 Å². The van der Waals surface area contributed by atoms with Gasteiger partial charge in [-0.15, -0.1) is 0 Å². The summed E-state index contributed by atoms with van der Waals surface area (Å²) in [6.45, 7) is 2.02. The molecule has 1 atom stereocenters. The third-order valence-corrected chi connectivity index (χ3v) is 5.22. The van der Waals surface area contributed by atoms with E-state index in [0.29, 0.717) is 5.92 Å². The maximum atomic E-state index is 13.6. The van der Waals surface area contributed by atoms with Crippen LogP contribution in [0.15, 0.2) is 54.6 Å². The zero-order chi connectivity index (χ0) is 21.1. The lowest BCUT2D eigenvalue weighted by Crippen LogP contribution is -2.13. The minimum atomic E-state index is -0.955. The number of hydrogen-bond acceptors (Lipinski definition) is 4.